The maximum Gasteiger partial charge on any atom is 0.130 e. The van der Waals surface area contributed by atoms with Crippen LogP contribution in [0.5, 0.6) is 0 Å². The number of halogens is 2. The molecule has 1 unspecified atom stereocenters. The number of alkyl halides is 1. The first-order valence-corrected chi connectivity index (χ1v) is 7.73. The molecule has 1 aromatic rings. The summed E-state index contributed by atoms with van der Waals surface area (Å²) in [6, 6.07) is 4.63. The molecule has 1 atom stereocenters. The van der Waals surface area contributed by atoms with Crippen LogP contribution >= 0.6 is 31.9 Å². The predicted molar refractivity (Wildman–Crippen MR) is 76.8 cm³/mol. The minimum absolute atomic E-state index is 0.439. The number of pyridine rings is 1. The molecule has 1 aromatic heterocycles. The summed E-state index contributed by atoms with van der Waals surface area (Å²) in [7, 11) is 0. The van der Waals surface area contributed by atoms with Crippen molar-refractivity contribution in [3.63, 3.8) is 0 Å². The highest BCUT2D eigenvalue weighted by molar-refractivity contribution is 9.10. The van der Waals surface area contributed by atoms with Crippen LogP contribution in [0, 0.1) is 0 Å². The molecule has 2 heterocycles. The molecular weight excluding hydrogens is 348 g/mol. The zero-order valence-corrected chi connectivity index (χ0v) is 13.0. The fourth-order valence-electron chi connectivity index (χ4n) is 2.05. The lowest BCUT2D eigenvalue weighted by molar-refractivity contribution is 0.0925. The van der Waals surface area contributed by atoms with E-state index in [-0.39, 0.29) is 0 Å². The standard InChI is InChI=1S/C12H16Br2N2O/c1-2-10-8-17-4-3-16(10)12-6-9(7-13)5-11(14)15-12/h5-6,10H,2-4,7-8H2,1H3. The highest BCUT2D eigenvalue weighted by Gasteiger charge is 2.23. The van der Waals surface area contributed by atoms with Crippen molar-refractivity contribution >= 4 is 37.7 Å². The van der Waals surface area contributed by atoms with E-state index in [1.54, 1.807) is 0 Å². The van der Waals surface area contributed by atoms with E-state index in [9.17, 15) is 0 Å². The molecule has 0 radical (unpaired) electrons. The molecule has 17 heavy (non-hydrogen) atoms. The molecule has 1 fully saturated rings. The average Bonchev–Trinajstić information content (AvgIpc) is 2.37. The van der Waals surface area contributed by atoms with Gasteiger partial charge >= 0.3 is 0 Å². The first-order valence-electron chi connectivity index (χ1n) is 5.81. The summed E-state index contributed by atoms with van der Waals surface area (Å²) >= 11 is 6.96. The second-order valence-corrected chi connectivity index (χ2v) is 5.49. The van der Waals surface area contributed by atoms with E-state index in [2.05, 4.69) is 54.7 Å². The Balaban J connectivity index is 2.27. The van der Waals surface area contributed by atoms with Crippen molar-refractivity contribution in [3.05, 3.63) is 22.3 Å². The van der Waals surface area contributed by atoms with Gasteiger partial charge in [-0.1, -0.05) is 22.9 Å². The minimum Gasteiger partial charge on any atom is -0.377 e. The third kappa shape index (κ3) is 3.20. The van der Waals surface area contributed by atoms with Crippen molar-refractivity contribution in [2.75, 3.05) is 24.7 Å². The number of hydrogen-bond donors (Lipinski definition) is 0. The van der Waals surface area contributed by atoms with Crippen LogP contribution in [0.1, 0.15) is 18.9 Å². The Kier molecular flexibility index (Phi) is 4.82. The number of nitrogens with zero attached hydrogens (tertiary/aromatic N) is 2. The van der Waals surface area contributed by atoms with Crippen molar-refractivity contribution in [3.8, 4) is 0 Å². The molecule has 0 aromatic carbocycles. The lowest BCUT2D eigenvalue weighted by Gasteiger charge is -2.36. The molecule has 2 rings (SSSR count). The molecule has 5 heteroatoms. The van der Waals surface area contributed by atoms with Gasteiger partial charge in [-0.05, 0) is 40.0 Å². The predicted octanol–water partition coefficient (Wildman–Crippen LogP) is 3.35. The van der Waals surface area contributed by atoms with E-state index in [0.29, 0.717) is 6.04 Å². The fraction of sp³-hybridized carbons (Fsp3) is 0.583. The third-order valence-electron chi connectivity index (χ3n) is 2.99. The van der Waals surface area contributed by atoms with Crippen molar-refractivity contribution in [2.24, 2.45) is 0 Å². The second kappa shape index (κ2) is 6.16. The van der Waals surface area contributed by atoms with E-state index in [1.165, 1.54) is 5.56 Å². The molecule has 0 amide bonds. The van der Waals surface area contributed by atoms with Crippen LogP contribution in [0.3, 0.4) is 0 Å². The van der Waals surface area contributed by atoms with Crippen LogP contribution in [-0.2, 0) is 10.1 Å². The summed E-state index contributed by atoms with van der Waals surface area (Å²) in [5.41, 5.74) is 1.24. The SMILES string of the molecule is CCC1COCCN1c1cc(CBr)cc(Br)n1. The summed E-state index contributed by atoms with van der Waals surface area (Å²) in [6.45, 7) is 4.70. The molecule has 1 aliphatic rings. The Labute approximate surface area is 119 Å². The molecular formula is C12H16Br2N2O. The van der Waals surface area contributed by atoms with Crippen molar-refractivity contribution in [1.82, 2.24) is 4.98 Å². The molecule has 0 N–H and O–H groups in total. The van der Waals surface area contributed by atoms with Crippen LogP contribution in [0.25, 0.3) is 0 Å². The Bertz CT molecular complexity index is 387. The molecule has 0 aliphatic carbocycles. The summed E-state index contributed by atoms with van der Waals surface area (Å²) < 4.78 is 6.42. The maximum absolute atomic E-state index is 5.52. The van der Waals surface area contributed by atoms with Crippen LogP contribution < -0.4 is 4.90 Å². The quantitative estimate of drug-likeness (QED) is 0.608. The smallest absolute Gasteiger partial charge is 0.130 e. The van der Waals surface area contributed by atoms with Gasteiger partial charge in [0.1, 0.15) is 10.4 Å². The van der Waals surface area contributed by atoms with Gasteiger partial charge in [0.2, 0.25) is 0 Å². The zero-order chi connectivity index (χ0) is 12.3. The minimum atomic E-state index is 0.439. The van der Waals surface area contributed by atoms with Gasteiger partial charge < -0.3 is 9.64 Å². The number of anilines is 1. The van der Waals surface area contributed by atoms with Crippen molar-refractivity contribution in [1.29, 1.82) is 0 Å². The van der Waals surface area contributed by atoms with Crippen LogP contribution in [0.15, 0.2) is 16.7 Å². The highest BCUT2D eigenvalue weighted by atomic mass is 79.9. The molecule has 94 valence electrons. The van der Waals surface area contributed by atoms with Crippen LogP contribution in [0.2, 0.25) is 0 Å². The van der Waals surface area contributed by atoms with Gasteiger partial charge in [0, 0.05) is 11.9 Å². The topological polar surface area (TPSA) is 25.4 Å². The molecule has 0 bridgehead atoms. The molecule has 0 saturated carbocycles. The second-order valence-electron chi connectivity index (χ2n) is 4.12. The third-order valence-corrected chi connectivity index (χ3v) is 4.04. The summed E-state index contributed by atoms with van der Waals surface area (Å²) in [5, 5.41) is 0.849. The van der Waals surface area contributed by atoms with Gasteiger partial charge in [0.15, 0.2) is 0 Å². The Morgan fingerprint density at radius 3 is 3.06 bits per heavy atom. The van der Waals surface area contributed by atoms with E-state index >= 15 is 0 Å². The van der Waals surface area contributed by atoms with Gasteiger partial charge in [-0.2, -0.15) is 0 Å². The molecule has 3 nitrogen and oxygen atoms in total. The average molecular weight is 364 g/mol. The maximum atomic E-state index is 5.52. The number of aromatic nitrogens is 1. The van der Waals surface area contributed by atoms with Gasteiger partial charge in [-0.15, -0.1) is 0 Å². The lowest BCUT2D eigenvalue weighted by Crippen LogP contribution is -2.45. The number of hydrogen-bond acceptors (Lipinski definition) is 3. The van der Waals surface area contributed by atoms with Gasteiger partial charge in [0.25, 0.3) is 0 Å². The number of rotatable bonds is 3. The monoisotopic (exact) mass is 362 g/mol. The van der Waals surface area contributed by atoms with E-state index in [4.69, 9.17) is 4.74 Å². The Morgan fingerprint density at radius 2 is 2.35 bits per heavy atom. The fourth-order valence-corrected chi connectivity index (χ4v) is 2.85. The normalized spacial score (nSPS) is 20.6. The molecule has 1 aliphatic heterocycles. The summed E-state index contributed by atoms with van der Waals surface area (Å²) in [6.07, 6.45) is 1.08. The molecule has 1 saturated heterocycles. The van der Waals surface area contributed by atoms with Crippen LogP contribution in [-0.4, -0.2) is 30.8 Å². The van der Waals surface area contributed by atoms with E-state index in [0.717, 1.165) is 41.9 Å². The van der Waals surface area contributed by atoms with Gasteiger partial charge in [0.05, 0.1) is 19.3 Å². The largest absolute Gasteiger partial charge is 0.377 e. The van der Waals surface area contributed by atoms with Crippen molar-refractivity contribution < 1.29 is 4.74 Å². The number of ether oxygens (including phenoxy) is 1. The first-order chi connectivity index (χ1) is 8.24. The van der Waals surface area contributed by atoms with Gasteiger partial charge in [-0.3, -0.25) is 0 Å². The molecule has 0 spiro atoms. The van der Waals surface area contributed by atoms with Gasteiger partial charge in [-0.25, -0.2) is 4.98 Å². The van der Waals surface area contributed by atoms with Crippen molar-refractivity contribution in [2.45, 2.75) is 24.7 Å². The lowest BCUT2D eigenvalue weighted by atomic mass is 10.1. The van der Waals surface area contributed by atoms with E-state index < -0.39 is 0 Å². The summed E-state index contributed by atoms with van der Waals surface area (Å²) in [4.78, 5) is 6.92. The highest BCUT2D eigenvalue weighted by Crippen LogP contribution is 2.24. The van der Waals surface area contributed by atoms with E-state index in [1.807, 2.05) is 6.07 Å². The number of morpholine rings is 1. The first kappa shape index (κ1) is 13.3. The summed E-state index contributed by atoms with van der Waals surface area (Å²) in [5.74, 6) is 1.05. The Hall–Kier alpha value is -0.130. The van der Waals surface area contributed by atoms with Crippen LogP contribution in [0.4, 0.5) is 5.82 Å². The Morgan fingerprint density at radius 1 is 1.53 bits per heavy atom. The zero-order valence-electron chi connectivity index (χ0n) is 9.83.